The third-order valence-electron chi connectivity index (χ3n) is 7.43. The summed E-state index contributed by atoms with van der Waals surface area (Å²) < 4.78 is 41.7. The number of carbonyl (C=O) groups is 1. The monoisotopic (exact) mass is 430 g/mol. The molecule has 1 saturated heterocycles. The number of cyclic esters (lactones) is 1. The summed E-state index contributed by atoms with van der Waals surface area (Å²) >= 11 is 0. The Bertz CT molecular complexity index is 818. The van der Waals surface area contributed by atoms with Crippen LogP contribution >= 0.6 is 0 Å². The Balaban J connectivity index is 1.91. The number of carbonyl (C=O) groups excluding carboxylic acids is 1. The smallest absolute Gasteiger partial charge is 0.397 e. The lowest BCUT2D eigenvalue weighted by atomic mass is 9.46. The zero-order valence-corrected chi connectivity index (χ0v) is 17.7. The van der Waals surface area contributed by atoms with Crippen molar-refractivity contribution in [1.82, 2.24) is 0 Å². The molecular formula is C20H30O8S. The maximum Gasteiger partial charge on any atom is 0.397 e. The molecule has 0 spiro atoms. The average molecular weight is 431 g/mol. The van der Waals surface area contributed by atoms with E-state index in [4.69, 9.17) is 8.92 Å². The predicted octanol–water partition coefficient (Wildman–Crippen LogP) is 1.79. The molecule has 0 aromatic carbocycles. The molecule has 1 heterocycles. The zero-order chi connectivity index (χ0) is 21.6. The van der Waals surface area contributed by atoms with Crippen LogP contribution in [0.1, 0.15) is 46.0 Å². The highest BCUT2D eigenvalue weighted by Crippen LogP contribution is 2.62. The van der Waals surface area contributed by atoms with E-state index >= 15 is 0 Å². The fraction of sp³-hybridized carbons (Fsp3) is 0.750. The van der Waals surface area contributed by atoms with Gasteiger partial charge < -0.3 is 14.9 Å². The number of aliphatic hydroxyl groups is 2. The van der Waals surface area contributed by atoms with Gasteiger partial charge in [0.2, 0.25) is 0 Å². The van der Waals surface area contributed by atoms with E-state index in [1.807, 2.05) is 0 Å². The van der Waals surface area contributed by atoms with E-state index in [0.29, 0.717) is 25.7 Å². The van der Waals surface area contributed by atoms with E-state index in [0.717, 1.165) is 12.0 Å². The largest absolute Gasteiger partial charge is 0.459 e. The lowest BCUT2D eigenvalue weighted by Gasteiger charge is -2.60. The third-order valence-corrected chi connectivity index (χ3v) is 7.91. The van der Waals surface area contributed by atoms with Crippen molar-refractivity contribution in [2.24, 2.45) is 22.7 Å². The summed E-state index contributed by atoms with van der Waals surface area (Å²) in [6.45, 7) is 7.82. The number of hydrogen-bond donors (Lipinski definition) is 3. The van der Waals surface area contributed by atoms with Crippen LogP contribution < -0.4 is 0 Å². The maximum atomic E-state index is 11.8. The highest BCUT2D eigenvalue weighted by Gasteiger charge is 2.58. The fourth-order valence-corrected chi connectivity index (χ4v) is 6.46. The molecule has 0 amide bonds. The number of esters is 1. The summed E-state index contributed by atoms with van der Waals surface area (Å²) in [7, 11) is -4.64. The molecule has 0 radical (unpaired) electrons. The van der Waals surface area contributed by atoms with Gasteiger partial charge in [-0.05, 0) is 49.4 Å². The van der Waals surface area contributed by atoms with Gasteiger partial charge in [-0.2, -0.15) is 8.42 Å². The number of aliphatic hydroxyl groups excluding tert-OH is 2. The summed E-state index contributed by atoms with van der Waals surface area (Å²) in [5, 5.41) is 20.2. The van der Waals surface area contributed by atoms with E-state index in [2.05, 4.69) is 13.5 Å². The van der Waals surface area contributed by atoms with Gasteiger partial charge in [0, 0.05) is 5.41 Å². The first-order valence-corrected chi connectivity index (χ1v) is 11.3. The van der Waals surface area contributed by atoms with Crippen molar-refractivity contribution in [3.05, 3.63) is 23.8 Å². The van der Waals surface area contributed by atoms with Crippen LogP contribution in [0.2, 0.25) is 0 Å². The Morgan fingerprint density at radius 2 is 2.03 bits per heavy atom. The van der Waals surface area contributed by atoms with Crippen LogP contribution in [0.4, 0.5) is 0 Å². The second-order valence-electron chi connectivity index (χ2n) is 9.03. The van der Waals surface area contributed by atoms with Crippen LogP contribution in [-0.4, -0.2) is 54.6 Å². The predicted molar refractivity (Wildman–Crippen MR) is 104 cm³/mol. The van der Waals surface area contributed by atoms with Crippen molar-refractivity contribution < 1.29 is 36.9 Å². The Labute approximate surface area is 171 Å². The Kier molecular flexibility index (Phi) is 6.01. The Morgan fingerprint density at radius 1 is 1.34 bits per heavy atom. The summed E-state index contributed by atoms with van der Waals surface area (Å²) in [6, 6.07) is 0. The van der Waals surface area contributed by atoms with E-state index < -0.39 is 34.0 Å². The highest BCUT2D eigenvalue weighted by atomic mass is 32.3. The van der Waals surface area contributed by atoms with Crippen molar-refractivity contribution in [2.45, 2.75) is 58.2 Å². The van der Waals surface area contributed by atoms with Crippen molar-refractivity contribution in [3.63, 3.8) is 0 Å². The second-order valence-corrected chi connectivity index (χ2v) is 10.1. The lowest BCUT2D eigenvalue weighted by molar-refractivity contribution is -0.142. The molecule has 3 rings (SSSR count). The molecule has 0 bridgehead atoms. The summed E-state index contributed by atoms with van der Waals surface area (Å²) in [5.41, 5.74) is 0.129. The van der Waals surface area contributed by atoms with E-state index in [1.54, 1.807) is 13.0 Å². The van der Waals surface area contributed by atoms with E-state index in [1.165, 1.54) is 0 Å². The van der Waals surface area contributed by atoms with Crippen LogP contribution in [0.25, 0.3) is 0 Å². The molecule has 29 heavy (non-hydrogen) atoms. The van der Waals surface area contributed by atoms with Gasteiger partial charge in [0.15, 0.2) is 0 Å². The first kappa shape index (κ1) is 22.4. The Hall–Kier alpha value is -1.26. The molecule has 0 aromatic rings. The van der Waals surface area contributed by atoms with Crippen LogP contribution in [0.15, 0.2) is 23.8 Å². The molecule has 6 atom stereocenters. The van der Waals surface area contributed by atoms with Gasteiger partial charge in [0.1, 0.15) is 12.7 Å². The van der Waals surface area contributed by atoms with Gasteiger partial charge in [0.05, 0.1) is 18.3 Å². The molecule has 0 aromatic heterocycles. The van der Waals surface area contributed by atoms with Crippen molar-refractivity contribution in [3.8, 4) is 0 Å². The van der Waals surface area contributed by atoms with E-state index in [-0.39, 0.29) is 36.0 Å². The Morgan fingerprint density at radius 3 is 2.59 bits per heavy atom. The van der Waals surface area contributed by atoms with E-state index in [9.17, 15) is 28.0 Å². The molecule has 9 heteroatoms. The van der Waals surface area contributed by atoms with Crippen LogP contribution in [-0.2, 0) is 24.1 Å². The third kappa shape index (κ3) is 4.03. The summed E-state index contributed by atoms with van der Waals surface area (Å²) in [4.78, 5) is 11.8. The fourth-order valence-electron chi connectivity index (χ4n) is 5.85. The van der Waals surface area contributed by atoms with Crippen LogP contribution in [0.5, 0.6) is 0 Å². The highest BCUT2D eigenvalue weighted by molar-refractivity contribution is 7.80. The molecule has 3 fully saturated rings. The second kappa shape index (κ2) is 7.77. The minimum Gasteiger partial charge on any atom is -0.459 e. The van der Waals surface area contributed by atoms with Crippen LogP contribution in [0.3, 0.4) is 0 Å². The number of ether oxygens (including phenoxy) is 1. The minimum absolute atomic E-state index is 0.00749. The van der Waals surface area contributed by atoms with Gasteiger partial charge in [-0.25, -0.2) is 8.98 Å². The zero-order valence-electron chi connectivity index (χ0n) is 16.8. The number of fused-ring (bicyclic) bond motifs is 1. The van der Waals surface area contributed by atoms with Crippen LogP contribution in [0, 0.1) is 22.7 Å². The normalized spacial score (nSPS) is 42.0. The molecule has 3 N–H and O–H groups in total. The first-order valence-electron chi connectivity index (χ1n) is 9.92. The molecule has 2 saturated carbocycles. The molecule has 0 unspecified atom stereocenters. The lowest BCUT2D eigenvalue weighted by Crippen LogP contribution is -2.58. The van der Waals surface area contributed by atoms with Gasteiger partial charge in [-0.15, -0.1) is 0 Å². The molecular weight excluding hydrogens is 400 g/mol. The molecule has 1 aliphatic heterocycles. The summed E-state index contributed by atoms with van der Waals surface area (Å²) in [6.07, 6.45) is 2.87. The molecule has 164 valence electrons. The average Bonchev–Trinajstić information content (AvgIpc) is 2.94. The van der Waals surface area contributed by atoms with Gasteiger partial charge in [0.25, 0.3) is 0 Å². The van der Waals surface area contributed by atoms with Gasteiger partial charge >= 0.3 is 16.4 Å². The van der Waals surface area contributed by atoms with Crippen molar-refractivity contribution >= 4 is 16.4 Å². The maximum absolute atomic E-state index is 11.8. The van der Waals surface area contributed by atoms with Gasteiger partial charge in [-0.3, -0.25) is 4.55 Å². The molecule has 3 aliphatic rings. The number of allylic oxidation sites excluding steroid dienone is 2. The van der Waals surface area contributed by atoms with Crippen molar-refractivity contribution in [1.29, 1.82) is 0 Å². The quantitative estimate of drug-likeness (QED) is 0.260. The standard InChI is InChI=1S/C20H30O8S/c1-12-4-7-16-19(2,14(12)6-5-13-15(22)10-27-18(13)23)9-8-17(20(16,3)11-21)28-29(24,25)26/h5,14-17,21-22H,1,4,6-11H2,2-3H3,(H,24,25,26)/b13-5-/t14-,15-,16+,17-,19+,20+/m1/s1. The van der Waals surface area contributed by atoms with Gasteiger partial charge in [-0.1, -0.05) is 32.1 Å². The minimum atomic E-state index is -4.64. The SMILES string of the molecule is C=C1CC[C@@H]2[C@](C)(CO)[C@H](OS(=O)(=O)O)CC[C@@]2(C)[C@@H]1C/C=C1\C(=O)OC[C@H]1O. The number of hydrogen-bond acceptors (Lipinski definition) is 7. The number of rotatable bonds is 5. The topological polar surface area (TPSA) is 130 Å². The summed E-state index contributed by atoms with van der Waals surface area (Å²) in [5.74, 6) is -0.590. The first-order chi connectivity index (χ1) is 13.4. The van der Waals surface area contributed by atoms with Crippen molar-refractivity contribution in [2.75, 3.05) is 13.2 Å². The molecule has 8 nitrogen and oxygen atoms in total. The molecule has 2 aliphatic carbocycles.